The lowest BCUT2D eigenvalue weighted by atomic mass is 10.1. The number of pyridine rings is 1. The quantitative estimate of drug-likeness (QED) is 0.749. The van der Waals surface area contributed by atoms with E-state index in [-0.39, 0.29) is 5.91 Å². The zero-order valence-corrected chi connectivity index (χ0v) is 12.2. The summed E-state index contributed by atoms with van der Waals surface area (Å²) >= 11 is 0. The van der Waals surface area contributed by atoms with Gasteiger partial charge in [0.15, 0.2) is 0 Å². The Hall–Kier alpha value is -3.45. The van der Waals surface area contributed by atoms with Crippen molar-refractivity contribution in [2.24, 2.45) is 0 Å². The topological polar surface area (TPSA) is 65.8 Å². The second-order valence-corrected chi connectivity index (χ2v) is 4.97. The van der Waals surface area contributed by atoms with Gasteiger partial charge in [0.25, 0.3) is 0 Å². The number of amides is 1. The highest BCUT2D eigenvalue weighted by atomic mass is 16.1. The van der Waals surface area contributed by atoms with E-state index in [0.717, 1.165) is 16.5 Å². The third-order valence-electron chi connectivity index (χ3n) is 3.32. The number of aromatic nitrogens is 1. The first-order chi connectivity index (χ1) is 11.2. The number of nitrogens with zero attached hydrogens (tertiary/aromatic N) is 2. The van der Waals surface area contributed by atoms with Crippen molar-refractivity contribution >= 4 is 28.6 Å². The molecule has 0 fully saturated rings. The second kappa shape index (κ2) is 6.54. The van der Waals surface area contributed by atoms with Gasteiger partial charge in [-0.25, -0.2) is 0 Å². The normalized spacial score (nSPS) is 10.6. The van der Waals surface area contributed by atoms with Crippen molar-refractivity contribution in [3.63, 3.8) is 0 Å². The van der Waals surface area contributed by atoms with Crippen LogP contribution in [0.3, 0.4) is 0 Å². The molecule has 3 aromatic rings. The number of carbonyl (C=O) groups excluding carboxylic acids is 1. The van der Waals surface area contributed by atoms with Gasteiger partial charge in [-0.3, -0.25) is 9.78 Å². The fourth-order valence-corrected chi connectivity index (χ4v) is 2.16. The summed E-state index contributed by atoms with van der Waals surface area (Å²) in [5.74, 6) is -0.230. The second-order valence-electron chi connectivity index (χ2n) is 4.97. The van der Waals surface area contributed by atoms with E-state index >= 15 is 0 Å². The Morgan fingerprint density at radius 2 is 1.91 bits per heavy atom. The Kier molecular flexibility index (Phi) is 4.12. The Morgan fingerprint density at radius 3 is 2.70 bits per heavy atom. The number of anilines is 1. The zero-order chi connectivity index (χ0) is 16.1. The van der Waals surface area contributed by atoms with Gasteiger partial charge in [-0.2, -0.15) is 5.26 Å². The third kappa shape index (κ3) is 3.60. The number of carbonyl (C=O) groups is 1. The van der Waals surface area contributed by atoms with Crippen molar-refractivity contribution in [2.75, 3.05) is 5.32 Å². The zero-order valence-electron chi connectivity index (χ0n) is 12.2. The lowest BCUT2D eigenvalue weighted by Crippen LogP contribution is -2.07. The van der Waals surface area contributed by atoms with Gasteiger partial charge in [0.1, 0.15) is 0 Å². The van der Waals surface area contributed by atoms with E-state index < -0.39 is 0 Å². The molecule has 1 aromatic heterocycles. The summed E-state index contributed by atoms with van der Waals surface area (Å²) in [5, 5.41) is 12.5. The molecule has 4 heteroatoms. The van der Waals surface area contributed by atoms with Crippen LogP contribution in [0.5, 0.6) is 0 Å². The molecule has 0 radical (unpaired) electrons. The Bertz CT molecular complexity index is 921. The third-order valence-corrected chi connectivity index (χ3v) is 3.32. The number of hydrogen-bond donors (Lipinski definition) is 1. The van der Waals surface area contributed by atoms with Crippen molar-refractivity contribution in [1.82, 2.24) is 4.98 Å². The van der Waals surface area contributed by atoms with Crippen LogP contribution in [0.2, 0.25) is 0 Å². The first kappa shape index (κ1) is 14.5. The fraction of sp³-hybridized carbons (Fsp3) is 0. The van der Waals surface area contributed by atoms with E-state index in [9.17, 15) is 4.79 Å². The maximum Gasteiger partial charge on any atom is 0.248 e. The Morgan fingerprint density at radius 1 is 1.13 bits per heavy atom. The molecule has 23 heavy (non-hydrogen) atoms. The van der Waals surface area contributed by atoms with Crippen molar-refractivity contribution < 1.29 is 4.79 Å². The average molecular weight is 299 g/mol. The Labute approximate surface area is 133 Å². The molecule has 1 N–H and O–H groups in total. The molecule has 4 nitrogen and oxygen atoms in total. The van der Waals surface area contributed by atoms with Gasteiger partial charge in [0.05, 0.1) is 29.0 Å². The smallest absolute Gasteiger partial charge is 0.248 e. The minimum atomic E-state index is -0.230. The highest BCUT2D eigenvalue weighted by molar-refractivity contribution is 6.02. The lowest BCUT2D eigenvalue weighted by Gasteiger charge is -2.03. The number of rotatable bonds is 3. The molecule has 0 aliphatic carbocycles. The number of hydrogen-bond acceptors (Lipinski definition) is 3. The van der Waals surface area contributed by atoms with Crippen LogP contribution >= 0.6 is 0 Å². The highest BCUT2D eigenvalue weighted by Crippen LogP contribution is 2.16. The first-order valence-corrected chi connectivity index (χ1v) is 7.08. The van der Waals surface area contributed by atoms with Crippen LogP contribution in [-0.4, -0.2) is 10.9 Å². The van der Waals surface area contributed by atoms with Crippen LogP contribution in [0.1, 0.15) is 11.1 Å². The van der Waals surface area contributed by atoms with Gasteiger partial charge >= 0.3 is 0 Å². The summed E-state index contributed by atoms with van der Waals surface area (Å²) in [6.07, 6.45) is 4.79. The lowest BCUT2D eigenvalue weighted by molar-refractivity contribution is -0.111. The van der Waals surface area contributed by atoms with E-state index in [1.807, 2.05) is 30.3 Å². The summed E-state index contributed by atoms with van der Waals surface area (Å²) < 4.78 is 0. The SMILES string of the molecule is N#Cc1ccc(C=CC(=O)Nc2cnc3ccccc3c2)cc1. The number of fused-ring (bicyclic) bond motifs is 1. The number of nitrogens with one attached hydrogen (secondary N) is 1. The summed E-state index contributed by atoms with van der Waals surface area (Å²) in [4.78, 5) is 16.3. The molecule has 2 aromatic carbocycles. The average Bonchev–Trinajstić information content (AvgIpc) is 2.60. The molecule has 0 spiro atoms. The standard InChI is InChI=1S/C19H13N3O/c20-12-15-7-5-14(6-8-15)9-10-19(23)22-17-11-16-3-1-2-4-18(16)21-13-17/h1-11,13H,(H,22,23). The van der Waals surface area contributed by atoms with Gasteiger partial charge in [-0.05, 0) is 35.9 Å². The molecular formula is C19H13N3O. The molecule has 1 heterocycles. The van der Waals surface area contributed by atoms with E-state index in [1.165, 1.54) is 6.08 Å². The monoisotopic (exact) mass is 299 g/mol. The molecule has 0 atom stereocenters. The number of nitriles is 1. The molecule has 0 aliphatic rings. The summed E-state index contributed by atoms with van der Waals surface area (Å²) in [5.41, 5.74) is 2.99. The molecule has 0 saturated heterocycles. The van der Waals surface area contributed by atoms with Gasteiger partial charge in [0, 0.05) is 11.5 Å². The number of benzene rings is 2. The van der Waals surface area contributed by atoms with Crippen molar-refractivity contribution in [1.29, 1.82) is 5.26 Å². The largest absolute Gasteiger partial charge is 0.321 e. The van der Waals surface area contributed by atoms with Crippen LogP contribution in [0.15, 0.2) is 66.9 Å². The van der Waals surface area contributed by atoms with Crippen molar-refractivity contribution in [3.8, 4) is 6.07 Å². The minimum Gasteiger partial charge on any atom is -0.321 e. The number of para-hydroxylation sites is 1. The van der Waals surface area contributed by atoms with Crippen molar-refractivity contribution in [3.05, 3.63) is 78.0 Å². The Balaban J connectivity index is 1.70. The van der Waals surface area contributed by atoms with Crippen LogP contribution in [0.4, 0.5) is 5.69 Å². The molecule has 0 aliphatic heterocycles. The van der Waals surface area contributed by atoms with Crippen LogP contribution in [0.25, 0.3) is 17.0 Å². The summed E-state index contributed by atoms with van der Waals surface area (Å²) in [6.45, 7) is 0. The molecule has 3 rings (SSSR count). The summed E-state index contributed by atoms with van der Waals surface area (Å²) in [7, 11) is 0. The molecule has 0 saturated carbocycles. The van der Waals surface area contributed by atoms with Crippen LogP contribution in [0, 0.1) is 11.3 Å². The van der Waals surface area contributed by atoms with Crippen LogP contribution in [-0.2, 0) is 4.79 Å². The predicted molar refractivity (Wildman–Crippen MR) is 90.6 cm³/mol. The van der Waals surface area contributed by atoms with Crippen LogP contribution < -0.4 is 5.32 Å². The molecule has 110 valence electrons. The van der Waals surface area contributed by atoms with Gasteiger partial charge in [-0.1, -0.05) is 30.3 Å². The van der Waals surface area contributed by atoms with E-state index in [1.54, 1.807) is 36.5 Å². The van der Waals surface area contributed by atoms with E-state index in [0.29, 0.717) is 11.3 Å². The highest BCUT2D eigenvalue weighted by Gasteiger charge is 2.00. The van der Waals surface area contributed by atoms with Gasteiger partial charge in [-0.15, -0.1) is 0 Å². The first-order valence-electron chi connectivity index (χ1n) is 7.08. The molecular weight excluding hydrogens is 286 g/mol. The van der Waals surface area contributed by atoms with Gasteiger partial charge < -0.3 is 5.32 Å². The van der Waals surface area contributed by atoms with E-state index in [4.69, 9.17) is 5.26 Å². The maximum absolute atomic E-state index is 12.0. The van der Waals surface area contributed by atoms with Gasteiger partial charge in [0.2, 0.25) is 5.91 Å². The van der Waals surface area contributed by atoms with E-state index in [2.05, 4.69) is 16.4 Å². The maximum atomic E-state index is 12.0. The minimum absolute atomic E-state index is 0.230. The predicted octanol–water partition coefficient (Wildman–Crippen LogP) is 3.76. The molecule has 0 bridgehead atoms. The summed E-state index contributed by atoms with van der Waals surface area (Å²) in [6, 6.07) is 18.7. The molecule has 0 unspecified atom stereocenters. The molecule has 1 amide bonds. The fourth-order valence-electron chi connectivity index (χ4n) is 2.16. The van der Waals surface area contributed by atoms with Crippen molar-refractivity contribution in [2.45, 2.75) is 0 Å².